The number of carboxylic acids is 1. The van der Waals surface area contributed by atoms with Crippen molar-refractivity contribution in [1.29, 1.82) is 0 Å². The Kier molecular flexibility index (Phi) is 4.74. The first kappa shape index (κ1) is 14.5. The maximum atomic E-state index is 11.9. The molecule has 18 heavy (non-hydrogen) atoms. The van der Waals surface area contributed by atoms with E-state index in [1.54, 1.807) is 18.7 Å². The second-order valence-electron chi connectivity index (χ2n) is 4.83. The van der Waals surface area contributed by atoms with E-state index in [1.165, 1.54) is 0 Å². The third-order valence-electron chi connectivity index (χ3n) is 3.62. The van der Waals surface area contributed by atoms with Crippen molar-refractivity contribution in [3.05, 3.63) is 0 Å². The molecule has 0 spiro atoms. The summed E-state index contributed by atoms with van der Waals surface area (Å²) in [5.41, 5.74) is -0.967. The van der Waals surface area contributed by atoms with E-state index < -0.39 is 17.6 Å². The number of aliphatic carboxylic acids is 1. The van der Waals surface area contributed by atoms with E-state index in [2.05, 4.69) is 11.2 Å². The van der Waals surface area contributed by atoms with Gasteiger partial charge < -0.3 is 10.4 Å². The van der Waals surface area contributed by atoms with E-state index >= 15 is 0 Å². The monoisotopic (exact) mass is 252 g/mol. The molecule has 1 saturated heterocycles. The Morgan fingerprint density at radius 3 is 2.78 bits per heavy atom. The number of nitrogens with one attached hydrogen (secondary N) is 1. The molecule has 100 valence electrons. The van der Waals surface area contributed by atoms with Crippen molar-refractivity contribution in [2.45, 2.75) is 44.7 Å². The summed E-state index contributed by atoms with van der Waals surface area (Å²) < 4.78 is 0. The van der Waals surface area contributed by atoms with E-state index in [-0.39, 0.29) is 12.5 Å². The van der Waals surface area contributed by atoms with Crippen LogP contribution in [0, 0.1) is 12.3 Å². The zero-order valence-electron chi connectivity index (χ0n) is 10.9. The van der Waals surface area contributed by atoms with Gasteiger partial charge >= 0.3 is 5.97 Å². The van der Waals surface area contributed by atoms with Gasteiger partial charge in [-0.25, -0.2) is 0 Å². The Morgan fingerprint density at radius 2 is 2.22 bits per heavy atom. The van der Waals surface area contributed by atoms with Gasteiger partial charge in [0.05, 0.1) is 12.6 Å². The lowest BCUT2D eigenvalue weighted by Crippen LogP contribution is -2.61. The number of hydrogen-bond acceptors (Lipinski definition) is 3. The molecule has 0 saturated carbocycles. The highest BCUT2D eigenvalue weighted by molar-refractivity contribution is 5.84. The second kappa shape index (κ2) is 5.87. The summed E-state index contributed by atoms with van der Waals surface area (Å²) in [6, 6.07) is -0.486. The molecule has 1 fully saturated rings. The number of amides is 1. The van der Waals surface area contributed by atoms with Gasteiger partial charge in [0.25, 0.3) is 0 Å². The number of carboxylic acid groups (broad SMARTS) is 1. The van der Waals surface area contributed by atoms with Crippen molar-refractivity contribution in [2.24, 2.45) is 0 Å². The Hall–Kier alpha value is -1.54. The summed E-state index contributed by atoms with van der Waals surface area (Å²) in [6.45, 7) is 4.19. The molecule has 0 aromatic heterocycles. The molecule has 0 aromatic rings. The standard InChI is InChI=1S/C13H20N2O3/c1-4-8-14-11(16)10(2)15-9-6-5-7-13(15,3)12(17)18/h1,10H,5-9H2,2-3H3,(H,14,16)(H,17,18). The van der Waals surface area contributed by atoms with Crippen molar-refractivity contribution < 1.29 is 14.7 Å². The van der Waals surface area contributed by atoms with Crippen LogP contribution in [0.25, 0.3) is 0 Å². The topological polar surface area (TPSA) is 69.6 Å². The lowest BCUT2D eigenvalue weighted by atomic mass is 9.87. The van der Waals surface area contributed by atoms with Gasteiger partial charge in [0, 0.05) is 6.54 Å². The molecule has 0 aliphatic carbocycles. The highest BCUT2D eigenvalue weighted by atomic mass is 16.4. The summed E-state index contributed by atoms with van der Waals surface area (Å²) >= 11 is 0. The highest BCUT2D eigenvalue weighted by Crippen LogP contribution is 2.30. The molecule has 2 unspecified atom stereocenters. The number of likely N-dealkylation sites (tertiary alicyclic amines) is 1. The van der Waals surface area contributed by atoms with E-state index in [4.69, 9.17) is 6.42 Å². The normalized spacial score (nSPS) is 26.1. The first-order valence-electron chi connectivity index (χ1n) is 6.15. The van der Waals surface area contributed by atoms with E-state index in [0.29, 0.717) is 13.0 Å². The molecule has 0 aromatic carbocycles. The van der Waals surface area contributed by atoms with Crippen LogP contribution in [0.4, 0.5) is 0 Å². The maximum absolute atomic E-state index is 11.9. The van der Waals surface area contributed by atoms with E-state index in [0.717, 1.165) is 12.8 Å². The minimum absolute atomic E-state index is 0.167. The van der Waals surface area contributed by atoms with Crippen LogP contribution in [0.3, 0.4) is 0 Å². The molecule has 2 atom stereocenters. The molecule has 0 bridgehead atoms. The van der Waals surface area contributed by atoms with Gasteiger partial charge in [-0.1, -0.05) is 5.92 Å². The zero-order valence-corrected chi connectivity index (χ0v) is 10.9. The molecule has 1 heterocycles. The minimum Gasteiger partial charge on any atom is -0.480 e. The predicted molar refractivity (Wildman–Crippen MR) is 67.9 cm³/mol. The summed E-state index contributed by atoms with van der Waals surface area (Å²) in [6.07, 6.45) is 7.43. The molecule has 1 rings (SSSR count). The van der Waals surface area contributed by atoms with Crippen molar-refractivity contribution in [3.63, 3.8) is 0 Å². The Morgan fingerprint density at radius 1 is 1.56 bits per heavy atom. The maximum Gasteiger partial charge on any atom is 0.323 e. The number of piperidine rings is 1. The fourth-order valence-electron chi connectivity index (χ4n) is 2.42. The number of carbonyl (C=O) groups is 2. The lowest BCUT2D eigenvalue weighted by molar-refractivity contribution is -0.156. The average Bonchev–Trinajstić information content (AvgIpc) is 2.35. The van der Waals surface area contributed by atoms with Crippen molar-refractivity contribution >= 4 is 11.9 Å². The van der Waals surface area contributed by atoms with Gasteiger partial charge in [-0.15, -0.1) is 6.42 Å². The highest BCUT2D eigenvalue weighted by Gasteiger charge is 2.44. The largest absolute Gasteiger partial charge is 0.480 e. The van der Waals surface area contributed by atoms with Gasteiger partial charge in [-0.2, -0.15) is 0 Å². The van der Waals surface area contributed by atoms with Crippen molar-refractivity contribution in [2.75, 3.05) is 13.1 Å². The van der Waals surface area contributed by atoms with Crippen LogP contribution < -0.4 is 5.32 Å². The molecule has 5 nitrogen and oxygen atoms in total. The van der Waals surface area contributed by atoms with Gasteiger partial charge in [-0.05, 0) is 33.1 Å². The first-order chi connectivity index (χ1) is 8.43. The fraction of sp³-hybridized carbons (Fsp3) is 0.692. The van der Waals surface area contributed by atoms with Gasteiger partial charge in [0.15, 0.2) is 0 Å². The zero-order chi connectivity index (χ0) is 13.8. The average molecular weight is 252 g/mol. The number of nitrogens with zero attached hydrogens (tertiary/aromatic N) is 1. The van der Waals surface area contributed by atoms with E-state index in [9.17, 15) is 14.7 Å². The lowest BCUT2D eigenvalue weighted by Gasteiger charge is -2.44. The van der Waals surface area contributed by atoms with Crippen molar-refractivity contribution in [3.8, 4) is 12.3 Å². The quantitative estimate of drug-likeness (QED) is 0.713. The fourth-order valence-corrected chi connectivity index (χ4v) is 2.42. The Balaban J connectivity index is 2.81. The van der Waals surface area contributed by atoms with Crippen LogP contribution in [0.5, 0.6) is 0 Å². The summed E-state index contributed by atoms with van der Waals surface area (Å²) in [5, 5.41) is 12.0. The Bertz CT molecular complexity index is 375. The molecular formula is C13H20N2O3. The summed E-state index contributed by atoms with van der Waals surface area (Å²) in [7, 11) is 0. The molecule has 1 aliphatic heterocycles. The first-order valence-corrected chi connectivity index (χ1v) is 6.15. The summed E-state index contributed by atoms with van der Waals surface area (Å²) in [4.78, 5) is 25.0. The van der Waals surface area contributed by atoms with Crippen LogP contribution in [0.2, 0.25) is 0 Å². The van der Waals surface area contributed by atoms with E-state index in [1.807, 2.05) is 0 Å². The molecule has 5 heteroatoms. The van der Waals surface area contributed by atoms with Gasteiger partial charge in [-0.3, -0.25) is 14.5 Å². The molecule has 1 amide bonds. The van der Waals surface area contributed by atoms with Crippen LogP contribution >= 0.6 is 0 Å². The molecule has 0 radical (unpaired) electrons. The Labute approximate surface area is 108 Å². The molecular weight excluding hydrogens is 232 g/mol. The predicted octanol–water partition coefficient (Wildman–Crippen LogP) is 0.453. The number of hydrogen-bond donors (Lipinski definition) is 2. The SMILES string of the molecule is C#CCNC(=O)C(C)N1CCCCC1(C)C(=O)O. The summed E-state index contributed by atoms with van der Waals surface area (Å²) in [5.74, 6) is 1.24. The van der Waals surface area contributed by atoms with Crippen LogP contribution in [0.1, 0.15) is 33.1 Å². The smallest absolute Gasteiger partial charge is 0.323 e. The molecule has 1 aliphatic rings. The van der Waals surface area contributed by atoms with Crippen molar-refractivity contribution in [1.82, 2.24) is 10.2 Å². The van der Waals surface area contributed by atoms with Crippen LogP contribution in [-0.2, 0) is 9.59 Å². The third-order valence-corrected chi connectivity index (χ3v) is 3.62. The number of rotatable bonds is 4. The van der Waals surface area contributed by atoms with Crippen LogP contribution in [-0.4, -0.2) is 46.6 Å². The molecule has 2 N–H and O–H groups in total. The van der Waals surface area contributed by atoms with Crippen LogP contribution in [0.15, 0.2) is 0 Å². The number of terminal acetylenes is 1. The second-order valence-corrected chi connectivity index (χ2v) is 4.83. The number of carbonyl (C=O) groups excluding carboxylic acids is 1. The minimum atomic E-state index is -0.967. The van der Waals surface area contributed by atoms with Gasteiger partial charge in [0.2, 0.25) is 5.91 Å². The van der Waals surface area contributed by atoms with Gasteiger partial charge in [0.1, 0.15) is 5.54 Å². The third kappa shape index (κ3) is 2.82.